The second-order valence-corrected chi connectivity index (χ2v) is 6.66. The molecule has 2 N–H and O–H groups in total. The Hall–Kier alpha value is -2.77. The molecule has 0 aliphatic carbocycles. The van der Waals surface area contributed by atoms with Gasteiger partial charge in [0.25, 0.3) is 0 Å². The van der Waals surface area contributed by atoms with Gasteiger partial charge < -0.3 is 24.8 Å². The molecule has 0 radical (unpaired) electrons. The van der Waals surface area contributed by atoms with Crippen molar-refractivity contribution in [3.8, 4) is 11.5 Å². The number of fused-ring (bicyclic) bond motifs is 2. The molecule has 140 valence electrons. The number of aliphatic hydroxyl groups is 1. The molecular weight excluding hydrogens is 368 g/mol. The summed E-state index contributed by atoms with van der Waals surface area (Å²) in [5, 5.41) is 14.0. The number of aliphatic hydroxyl groups excluding tert-OH is 1. The molecule has 1 aromatic heterocycles. The highest BCUT2D eigenvalue weighted by atomic mass is 35.5. The van der Waals surface area contributed by atoms with Crippen molar-refractivity contribution in [2.24, 2.45) is 0 Å². The molecule has 3 aromatic rings. The van der Waals surface area contributed by atoms with Crippen LogP contribution in [0.1, 0.15) is 5.56 Å². The zero-order valence-electron chi connectivity index (χ0n) is 14.8. The van der Waals surface area contributed by atoms with E-state index in [0.29, 0.717) is 29.9 Å². The minimum Gasteiger partial charge on any atom is -0.454 e. The van der Waals surface area contributed by atoms with Gasteiger partial charge in [-0.15, -0.1) is 0 Å². The zero-order valence-corrected chi connectivity index (χ0v) is 15.5. The van der Waals surface area contributed by atoms with Gasteiger partial charge in [0.15, 0.2) is 11.5 Å². The first-order valence-corrected chi connectivity index (χ1v) is 8.93. The lowest BCUT2D eigenvalue weighted by atomic mass is 10.2. The van der Waals surface area contributed by atoms with E-state index >= 15 is 0 Å². The van der Waals surface area contributed by atoms with Crippen molar-refractivity contribution in [2.45, 2.75) is 6.54 Å². The van der Waals surface area contributed by atoms with Crippen LogP contribution in [0.25, 0.3) is 10.9 Å². The maximum Gasteiger partial charge on any atom is 0.231 e. The molecule has 0 saturated heterocycles. The fraction of sp³-hybridized carbons (Fsp3) is 0.263. The quantitative estimate of drug-likeness (QED) is 0.674. The summed E-state index contributed by atoms with van der Waals surface area (Å²) in [6.07, 6.45) is 0. The molecule has 1 aliphatic heterocycles. The first-order valence-electron chi connectivity index (χ1n) is 8.56. The van der Waals surface area contributed by atoms with Crippen molar-refractivity contribution < 1.29 is 14.6 Å². The lowest BCUT2D eigenvalue weighted by Gasteiger charge is -2.18. The van der Waals surface area contributed by atoms with E-state index in [-0.39, 0.29) is 13.4 Å². The minimum atomic E-state index is 0.0263. The Morgan fingerprint density at radius 1 is 1.15 bits per heavy atom. The van der Waals surface area contributed by atoms with E-state index < -0.39 is 0 Å². The number of nitrogens with one attached hydrogen (secondary N) is 1. The molecule has 0 fully saturated rings. The van der Waals surface area contributed by atoms with Crippen LogP contribution in [0.5, 0.6) is 11.5 Å². The normalized spacial score (nSPS) is 12.4. The number of anilines is 2. The lowest BCUT2D eigenvalue weighted by molar-refractivity contribution is 0.174. The number of hydrogen-bond donors (Lipinski definition) is 2. The Morgan fingerprint density at radius 3 is 2.85 bits per heavy atom. The summed E-state index contributed by atoms with van der Waals surface area (Å²) < 4.78 is 10.8. The maximum atomic E-state index is 9.19. The Balaban J connectivity index is 1.65. The lowest BCUT2D eigenvalue weighted by Crippen LogP contribution is -2.23. The molecule has 8 heteroatoms. The van der Waals surface area contributed by atoms with Gasteiger partial charge in [-0.2, -0.15) is 4.98 Å². The monoisotopic (exact) mass is 386 g/mol. The SMILES string of the molecule is CN(CCO)c1nc(NCc2ccc3c(c2)OCO3)c2cc(Cl)ccc2n1. The second kappa shape index (κ2) is 7.46. The Morgan fingerprint density at radius 2 is 2.00 bits per heavy atom. The van der Waals surface area contributed by atoms with E-state index in [1.54, 1.807) is 11.0 Å². The van der Waals surface area contributed by atoms with Crippen LogP contribution in [-0.2, 0) is 6.54 Å². The minimum absolute atomic E-state index is 0.0263. The molecule has 0 unspecified atom stereocenters. The van der Waals surface area contributed by atoms with Crippen molar-refractivity contribution in [3.63, 3.8) is 0 Å². The van der Waals surface area contributed by atoms with E-state index in [1.807, 2.05) is 37.4 Å². The average Bonchev–Trinajstić information content (AvgIpc) is 3.14. The van der Waals surface area contributed by atoms with Gasteiger partial charge in [-0.25, -0.2) is 4.98 Å². The first-order chi connectivity index (χ1) is 13.1. The van der Waals surface area contributed by atoms with Crippen molar-refractivity contribution >= 4 is 34.3 Å². The summed E-state index contributed by atoms with van der Waals surface area (Å²) in [6.45, 7) is 1.28. The van der Waals surface area contributed by atoms with E-state index in [1.165, 1.54) is 0 Å². The van der Waals surface area contributed by atoms with Gasteiger partial charge in [0.05, 0.1) is 12.1 Å². The largest absolute Gasteiger partial charge is 0.454 e. The standard InChI is InChI=1S/C19H19ClN4O3/c1-24(6-7-25)19-22-15-4-3-13(20)9-14(15)18(23-19)21-10-12-2-5-16-17(8-12)27-11-26-16/h2-5,8-9,25H,6-7,10-11H2,1H3,(H,21,22,23). The third kappa shape index (κ3) is 3.70. The third-order valence-corrected chi connectivity index (χ3v) is 4.55. The van der Waals surface area contributed by atoms with Crippen LogP contribution in [-0.4, -0.2) is 42.1 Å². The number of halogens is 1. The van der Waals surface area contributed by atoms with E-state index in [4.69, 9.17) is 21.1 Å². The summed E-state index contributed by atoms with van der Waals surface area (Å²) in [4.78, 5) is 11.0. The summed E-state index contributed by atoms with van der Waals surface area (Å²) in [6, 6.07) is 11.3. The van der Waals surface area contributed by atoms with Gasteiger partial charge in [-0.3, -0.25) is 0 Å². The van der Waals surface area contributed by atoms with Gasteiger partial charge in [-0.1, -0.05) is 17.7 Å². The number of hydrogen-bond acceptors (Lipinski definition) is 7. The van der Waals surface area contributed by atoms with Gasteiger partial charge in [0.2, 0.25) is 12.7 Å². The number of ether oxygens (including phenoxy) is 2. The number of aromatic nitrogens is 2. The van der Waals surface area contributed by atoms with Crippen LogP contribution in [0.15, 0.2) is 36.4 Å². The fourth-order valence-electron chi connectivity index (χ4n) is 2.88. The molecule has 27 heavy (non-hydrogen) atoms. The Labute approximate surface area is 161 Å². The molecule has 2 heterocycles. The molecule has 0 saturated carbocycles. The third-order valence-electron chi connectivity index (χ3n) is 4.32. The van der Waals surface area contributed by atoms with Crippen LogP contribution in [0, 0.1) is 0 Å². The van der Waals surface area contributed by atoms with Crippen LogP contribution >= 0.6 is 11.6 Å². The number of benzene rings is 2. The second-order valence-electron chi connectivity index (χ2n) is 6.22. The highest BCUT2D eigenvalue weighted by Gasteiger charge is 2.14. The van der Waals surface area contributed by atoms with Gasteiger partial charge >= 0.3 is 0 Å². The first kappa shape index (κ1) is 17.6. The number of rotatable bonds is 6. The van der Waals surface area contributed by atoms with Crippen molar-refractivity contribution in [1.82, 2.24) is 9.97 Å². The van der Waals surface area contributed by atoms with Gasteiger partial charge in [0.1, 0.15) is 5.82 Å². The molecule has 0 bridgehead atoms. The highest BCUT2D eigenvalue weighted by Crippen LogP contribution is 2.33. The molecule has 7 nitrogen and oxygen atoms in total. The van der Waals surface area contributed by atoms with Crippen molar-refractivity contribution in [3.05, 3.63) is 47.0 Å². The molecule has 0 spiro atoms. The number of likely N-dealkylation sites (N-methyl/N-ethyl adjacent to an activating group) is 1. The van der Waals surface area contributed by atoms with E-state index in [9.17, 15) is 5.11 Å². The molecular formula is C19H19ClN4O3. The van der Waals surface area contributed by atoms with Crippen molar-refractivity contribution in [1.29, 1.82) is 0 Å². The maximum absolute atomic E-state index is 9.19. The number of nitrogens with zero attached hydrogens (tertiary/aromatic N) is 3. The summed E-state index contributed by atoms with van der Waals surface area (Å²) >= 11 is 6.17. The fourth-order valence-corrected chi connectivity index (χ4v) is 3.05. The predicted octanol–water partition coefficient (Wildman–Crippen LogP) is 3.05. The molecule has 4 rings (SSSR count). The molecule has 0 atom stereocenters. The summed E-state index contributed by atoms with van der Waals surface area (Å²) in [5.41, 5.74) is 1.82. The van der Waals surface area contributed by atoms with Gasteiger partial charge in [0, 0.05) is 30.5 Å². The van der Waals surface area contributed by atoms with Gasteiger partial charge in [-0.05, 0) is 35.9 Å². The Bertz CT molecular complexity index is 983. The summed E-state index contributed by atoms with van der Waals surface area (Å²) in [7, 11) is 1.84. The Kier molecular flexibility index (Phi) is 4.87. The highest BCUT2D eigenvalue weighted by molar-refractivity contribution is 6.31. The van der Waals surface area contributed by atoms with E-state index in [2.05, 4.69) is 15.3 Å². The smallest absolute Gasteiger partial charge is 0.231 e. The van der Waals surface area contributed by atoms with Crippen LogP contribution in [0.4, 0.5) is 11.8 Å². The van der Waals surface area contributed by atoms with Crippen LogP contribution < -0.4 is 19.7 Å². The van der Waals surface area contributed by atoms with Crippen LogP contribution in [0.2, 0.25) is 5.02 Å². The predicted molar refractivity (Wildman–Crippen MR) is 105 cm³/mol. The molecule has 1 aliphatic rings. The van der Waals surface area contributed by atoms with Crippen LogP contribution in [0.3, 0.4) is 0 Å². The molecule has 2 aromatic carbocycles. The average molecular weight is 387 g/mol. The zero-order chi connectivity index (χ0) is 18.8. The van der Waals surface area contributed by atoms with E-state index in [0.717, 1.165) is 28.0 Å². The summed E-state index contributed by atoms with van der Waals surface area (Å²) in [5.74, 6) is 2.71. The molecule has 0 amide bonds. The van der Waals surface area contributed by atoms with Crippen molar-refractivity contribution in [2.75, 3.05) is 37.2 Å². The topological polar surface area (TPSA) is 79.7 Å².